The van der Waals surface area contributed by atoms with E-state index >= 15 is 0 Å². The van der Waals surface area contributed by atoms with E-state index in [1.54, 1.807) is 0 Å². The van der Waals surface area contributed by atoms with Gasteiger partial charge in [-0.05, 0) is 38.0 Å². The summed E-state index contributed by atoms with van der Waals surface area (Å²) in [6.07, 6.45) is 6.31. The summed E-state index contributed by atoms with van der Waals surface area (Å²) in [6.45, 7) is 0.731. The largest absolute Gasteiger partial charge is 0.330 e. The molecule has 0 aromatic carbocycles. The number of sulfone groups is 1. The van der Waals surface area contributed by atoms with E-state index < -0.39 is 9.84 Å². The number of nitrogens with two attached hydrogens (primary N) is 1. The average Bonchev–Trinajstić information content (AvgIpc) is 2.17. The molecular weight excluding hydrogens is 230 g/mol. The van der Waals surface area contributed by atoms with E-state index in [9.17, 15) is 8.42 Å². The number of thioether (sulfide) groups is 1. The third-order valence-corrected chi connectivity index (χ3v) is 5.95. The lowest BCUT2D eigenvalue weighted by Crippen LogP contribution is -2.28. The second-order valence-corrected chi connectivity index (χ2v) is 7.99. The van der Waals surface area contributed by atoms with Gasteiger partial charge < -0.3 is 5.73 Å². The molecule has 1 rings (SSSR count). The molecule has 2 N–H and O–H groups in total. The van der Waals surface area contributed by atoms with Crippen molar-refractivity contribution in [3.8, 4) is 0 Å². The molecule has 0 aromatic heterocycles. The van der Waals surface area contributed by atoms with Gasteiger partial charge in [0.05, 0.1) is 5.25 Å². The average molecular weight is 251 g/mol. The highest BCUT2D eigenvalue weighted by molar-refractivity contribution is 8.00. The van der Waals surface area contributed by atoms with Crippen molar-refractivity contribution >= 4 is 21.6 Å². The van der Waals surface area contributed by atoms with Crippen molar-refractivity contribution in [1.29, 1.82) is 0 Å². The highest BCUT2D eigenvalue weighted by atomic mass is 32.2. The first-order chi connectivity index (χ1) is 7.04. The number of hydrogen-bond donors (Lipinski definition) is 1. The summed E-state index contributed by atoms with van der Waals surface area (Å²) in [5.74, 6) is 1.07. The molecule has 0 spiro atoms. The van der Waals surface area contributed by atoms with Crippen molar-refractivity contribution in [2.24, 2.45) is 5.73 Å². The summed E-state index contributed by atoms with van der Waals surface area (Å²) in [5.41, 5.74) is 5.43. The minimum absolute atomic E-state index is 0.0957. The highest BCUT2D eigenvalue weighted by Crippen LogP contribution is 2.31. The Kier molecular flexibility index (Phi) is 5.43. The predicted octanol–water partition coefficient (Wildman–Crippen LogP) is 1.42. The summed E-state index contributed by atoms with van der Waals surface area (Å²) < 4.78 is 22.9. The zero-order valence-corrected chi connectivity index (χ0v) is 10.9. The van der Waals surface area contributed by atoms with E-state index in [-0.39, 0.29) is 5.25 Å². The fourth-order valence-corrected chi connectivity index (χ4v) is 4.64. The summed E-state index contributed by atoms with van der Waals surface area (Å²) in [4.78, 5) is 0. The van der Waals surface area contributed by atoms with Crippen LogP contribution in [0.2, 0.25) is 0 Å². The van der Waals surface area contributed by atoms with Crippen molar-refractivity contribution in [1.82, 2.24) is 0 Å². The maximum absolute atomic E-state index is 11.4. The van der Waals surface area contributed by atoms with E-state index in [2.05, 4.69) is 0 Å². The summed E-state index contributed by atoms with van der Waals surface area (Å²) in [5, 5.41) is 0.437. The van der Waals surface area contributed by atoms with Crippen molar-refractivity contribution in [3.05, 3.63) is 0 Å². The van der Waals surface area contributed by atoms with Crippen LogP contribution in [0.5, 0.6) is 0 Å². The number of rotatable bonds is 5. The third kappa shape index (κ3) is 4.74. The molecular formula is C10H21NO2S2. The fraction of sp³-hybridized carbons (Fsp3) is 1.00. The lowest BCUT2D eigenvalue weighted by Gasteiger charge is -2.27. The predicted molar refractivity (Wildman–Crippen MR) is 67.0 cm³/mol. The van der Waals surface area contributed by atoms with Crippen LogP contribution in [0.1, 0.15) is 32.1 Å². The molecule has 0 bridgehead atoms. The Morgan fingerprint density at radius 3 is 2.73 bits per heavy atom. The van der Waals surface area contributed by atoms with E-state index in [4.69, 9.17) is 5.73 Å². The molecule has 2 unspecified atom stereocenters. The first-order valence-electron chi connectivity index (χ1n) is 5.54. The van der Waals surface area contributed by atoms with Gasteiger partial charge in [0.2, 0.25) is 0 Å². The van der Waals surface area contributed by atoms with Gasteiger partial charge >= 0.3 is 0 Å². The van der Waals surface area contributed by atoms with Gasteiger partial charge in [-0.1, -0.05) is 6.42 Å². The van der Waals surface area contributed by atoms with Crippen LogP contribution >= 0.6 is 11.8 Å². The molecule has 1 saturated carbocycles. The molecule has 1 aliphatic carbocycles. The van der Waals surface area contributed by atoms with Crippen LogP contribution in [0.4, 0.5) is 0 Å². The lowest BCUT2D eigenvalue weighted by atomic mass is 10.00. The molecule has 0 radical (unpaired) electrons. The van der Waals surface area contributed by atoms with Gasteiger partial charge in [0.1, 0.15) is 9.84 Å². The lowest BCUT2D eigenvalue weighted by molar-refractivity contribution is 0.495. The van der Waals surface area contributed by atoms with Gasteiger partial charge in [0.25, 0.3) is 0 Å². The summed E-state index contributed by atoms with van der Waals surface area (Å²) in [6, 6.07) is 0. The first-order valence-corrected chi connectivity index (χ1v) is 8.55. The molecule has 15 heavy (non-hydrogen) atoms. The van der Waals surface area contributed by atoms with Crippen LogP contribution < -0.4 is 5.73 Å². The molecule has 0 aliphatic heterocycles. The molecule has 1 fully saturated rings. The van der Waals surface area contributed by atoms with E-state index in [1.165, 1.54) is 12.7 Å². The minimum Gasteiger partial charge on any atom is -0.330 e. The van der Waals surface area contributed by atoms with Crippen LogP contribution in [0.3, 0.4) is 0 Å². The van der Waals surface area contributed by atoms with Crippen molar-refractivity contribution < 1.29 is 8.42 Å². The van der Waals surface area contributed by atoms with Crippen LogP contribution in [0.25, 0.3) is 0 Å². The molecule has 5 heteroatoms. The molecule has 3 nitrogen and oxygen atoms in total. The van der Waals surface area contributed by atoms with Crippen molar-refractivity contribution in [2.75, 3.05) is 18.6 Å². The zero-order valence-electron chi connectivity index (χ0n) is 9.31. The molecule has 0 aromatic rings. The second-order valence-electron chi connectivity index (χ2n) is 4.25. The smallest absolute Gasteiger partial charge is 0.150 e. The number of hydrogen-bond acceptors (Lipinski definition) is 4. The van der Waals surface area contributed by atoms with Crippen LogP contribution in [-0.4, -0.2) is 37.5 Å². The van der Waals surface area contributed by atoms with Crippen LogP contribution in [-0.2, 0) is 9.84 Å². The fourth-order valence-electron chi connectivity index (χ4n) is 1.98. The van der Waals surface area contributed by atoms with Crippen molar-refractivity contribution in [2.45, 2.75) is 42.6 Å². The van der Waals surface area contributed by atoms with Gasteiger partial charge in [-0.15, -0.1) is 0 Å². The SMILES string of the molecule is CS(=O)(=O)C1CCCC(SCCCN)C1. The Morgan fingerprint density at radius 1 is 1.40 bits per heavy atom. The van der Waals surface area contributed by atoms with Crippen LogP contribution in [0.15, 0.2) is 0 Å². The Balaban J connectivity index is 2.36. The second kappa shape index (κ2) is 6.11. The third-order valence-electron chi connectivity index (χ3n) is 2.89. The van der Waals surface area contributed by atoms with Gasteiger partial charge in [-0.25, -0.2) is 8.42 Å². The molecule has 0 saturated heterocycles. The Labute approximate surface area is 97.1 Å². The van der Waals surface area contributed by atoms with Gasteiger partial charge in [0.15, 0.2) is 0 Å². The quantitative estimate of drug-likeness (QED) is 0.751. The zero-order chi connectivity index (χ0) is 11.3. The van der Waals surface area contributed by atoms with E-state index in [1.807, 2.05) is 11.8 Å². The van der Waals surface area contributed by atoms with Crippen LogP contribution in [0, 0.1) is 0 Å². The van der Waals surface area contributed by atoms with Gasteiger partial charge in [0, 0.05) is 11.5 Å². The Morgan fingerprint density at radius 2 is 2.13 bits per heavy atom. The van der Waals surface area contributed by atoms with E-state index in [0.29, 0.717) is 5.25 Å². The Hall–Kier alpha value is 0.260. The maximum Gasteiger partial charge on any atom is 0.150 e. The molecule has 0 heterocycles. The topological polar surface area (TPSA) is 60.2 Å². The summed E-state index contributed by atoms with van der Waals surface area (Å²) in [7, 11) is -2.83. The molecule has 1 aliphatic rings. The molecule has 2 atom stereocenters. The molecule has 0 amide bonds. The van der Waals surface area contributed by atoms with E-state index in [0.717, 1.165) is 38.0 Å². The van der Waals surface area contributed by atoms with Gasteiger partial charge in [-0.2, -0.15) is 11.8 Å². The highest BCUT2D eigenvalue weighted by Gasteiger charge is 2.28. The van der Waals surface area contributed by atoms with Crippen molar-refractivity contribution in [3.63, 3.8) is 0 Å². The van der Waals surface area contributed by atoms with Gasteiger partial charge in [-0.3, -0.25) is 0 Å². The first kappa shape index (κ1) is 13.3. The standard InChI is InChI=1S/C10H21NO2S2/c1-15(12,13)10-5-2-4-9(8-10)14-7-3-6-11/h9-10H,2-8,11H2,1H3. The normalized spacial score (nSPS) is 27.9. The monoisotopic (exact) mass is 251 g/mol. The minimum atomic E-state index is -2.83. The molecule has 90 valence electrons. The summed E-state index contributed by atoms with van der Waals surface area (Å²) >= 11 is 1.90. The maximum atomic E-state index is 11.4. The Bertz CT molecular complexity index is 277.